The van der Waals surface area contributed by atoms with E-state index in [1.54, 1.807) is 11.1 Å². The fraction of sp³-hybridized carbons (Fsp3) is 0.462. The van der Waals surface area contributed by atoms with Gasteiger partial charge in [-0.25, -0.2) is 8.42 Å². The van der Waals surface area contributed by atoms with E-state index in [-0.39, 0.29) is 36.7 Å². The van der Waals surface area contributed by atoms with Crippen molar-refractivity contribution < 1.29 is 18.0 Å². The van der Waals surface area contributed by atoms with E-state index in [1.165, 1.54) is 12.2 Å². The van der Waals surface area contributed by atoms with Crippen LogP contribution < -0.4 is 10.6 Å². The Kier molecular flexibility index (Phi) is 3.73. The molecule has 3 rings (SSSR count). The zero-order chi connectivity index (χ0) is 15.7. The Morgan fingerprint density at radius 2 is 2.09 bits per heavy atom. The summed E-state index contributed by atoms with van der Waals surface area (Å²) in [7, 11) is -3.41. The van der Waals surface area contributed by atoms with Gasteiger partial charge in [0.25, 0.3) is 15.9 Å². The Hall–Kier alpha value is -2.16. The molecular weight excluding hydrogens is 308 g/mol. The van der Waals surface area contributed by atoms with Gasteiger partial charge in [0.2, 0.25) is 5.91 Å². The fourth-order valence-corrected chi connectivity index (χ4v) is 3.07. The van der Waals surface area contributed by atoms with E-state index < -0.39 is 10.0 Å². The highest BCUT2D eigenvalue weighted by Gasteiger charge is 2.26. The summed E-state index contributed by atoms with van der Waals surface area (Å²) in [5.41, 5.74) is 0.359. The van der Waals surface area contributed by atoms with E-state index in [0.29, 0.717) is 11.4 Å². The number of hydrogen-bond donors (Lipinski definition) is 2. The topological polar surface area (TPSA) is 108 Å². The number of carbonyl (C=O) groups excluding carboxylic acids is 2. The Labute approximate surface area is 128 Å². The third kappa shape index (κ3) is 3.53. The van der Waals surface area contributed by atoms with Gasteiger partial charge in [-0.15, -0.1) is 4.40 Å². The number of rotatable bonds is 4. The average Bonchev–Trinajstić information content (AvgIpc) is 3.27. The van der Waals surface area contributed by atoms with Crippen molar-refractivity contribution in [3.63, 3.8) is 0 Å². The predicted octanol–water partition coefficient (Wildman–Crippen LogP) is -1.12. The predicted molar refractivity (Wildman–Crippen MR) is 79.3 cm³/mol. The molecule has 0 radical (unpaired) electrons. The van der Waals surface area contributed by atoms with Crippen molar-refractivity contribution in [2.75, 3.05) is 18.8 Å². The lowest BCUT2D eigenvalue weighted by molar-refractivity contribution is -0.124. The van der Waals surface area contributed by atoms with Crippen LogP contribution in [0.3, 0.4) is 0 Å². The smallest absolute Gasteiger partial charge is 0.256 e. The van der Waals surface area contributed by atoms with Gasteiger partial charge in [-0.05, 0) is 25.0 Å². The van der Waals surface area contributed by atoms with Crippen LogP contribution in [0.2, 0.25) is 0 Å². The first-order valence-corrected chi connectivity index (χ1v) is 8.61. The maximum absolute atomic E-state index is 12.0. The third-order valence-electron chi connectivity index (χ3n) is 3.44. The number of nitrogens with one attached hydrogen (secondary N) is 2. The highest BCUT2D eigenvalue weighted by Crippen LogP contribution is 2.18. The molecule has 0 atom stereocenters. The van der Waals surface area contributed by atoms with Gasteiger partial charge in [0.1, 0.15) is 5.84 Å². The van der Waals surface area contributed by atoms with Gasteiger partial charge in [-0.3, -0.25) is 9.59 Å². The summed E-state index contributed by atoms with van der Waals surface area (Å²) in [6.07, 6.45) is 6.50. The standard InChI is InChI=1S/C13H16N4O4S/c18-12(15-10-2-3-10)7-14-13(19)9-1-4-11-16-22(20,21)6-5-17(11)8-9/h1,4,8,10H,2-3,5-7H2,(H,14,19)(H,15,18). The average molecular weight is 324 g/mol. The minimum Gasteiger partial charge on any atom is -0.352 e. The van der Waals surface area contributed by atoms with E-state index in [0.717, 1.165) is 12.8 Å². The Morgan fingerprint density at radius 1 is 1.32 bits per heavy atom. The van der Waals surface area contributed by atoms with Crippen molar-refractivity contribution in [3.8, 4) is 0 Å². The second kappa shape index (κ2) is 5.56. The van der Waals surface area contributed by atoms with E-state index in [9.17, 15) is 18.0 Å². The lowest BCUT2D eigenvalue weighted by Crippen LogP contribution is -2.40. The number of carbonyl (C=O) groups is 2. The van der Waals surface area contributed by atoms with Gasteiger partial charge in [0, 0.05) is 18.8 Å². The number of fused-ring (bicyclic) bond motifs is 1. The van der Waals surface area contributed by atoms with Crippen LogP contribution in [0.1, 0.15) is 12.8 Å². The quantitative estimate of drug-likeness (QED) is 0.681. The van der Waals surface area contributed by atoms with Gasteiger partial charge < -0.3 is 15.5 Å². The summed E-state index contributed by atoms with van der Waals surface area (Å²) in [5, 5.41) is 5.32. The summed E-state index contributed by atoms with van der Waals surface area (Å²) in [4.78, 5) is 25.1. The SMILES string of the molecule is O=C(CNC(=O)C1=CN2CCS(=O)(=O)N=C2C=C1)NC1CC1. The van der Waals surface area contributed by atoms with Gasteiger partial charge in [-0.2, -0.15) is 0 Å². The minimum absolute atomic E-state index is 0.0736. The first-order valence-electron chi connectivity index (χ1n) is 7.00. The zero-order valence-corrected chi connectivity index (χ0v) is 12.6. The summed E-state index contributed by atoms with van der Waals surface area (Å²) >= 11 is 0. The van der Waals surface area contributed by atoms with Crippen LogP contribution in [0.15, 0.2) is 28.3 Å². The minimum atomic E-state index is -3.41. The van der Waals surface area contributed by atoms with Gasteiger partial charge in [0.15, 0.2) is 0 Å². The van der Waals surface area contributed by atoms with E-state index in [2.05, 4.69) is 15.0 Å². The zero-order valence-electron chi connectivity index (χ0n) is 11.8. The molecule has 9 heteroatoms. The summed E-state index contributed by atoms with van der Waals surface area (Å²) in [6.45, 7) is 0.181. The molecule has 22 heavy (non-hydrogen) atoms. The van der Waals surface area contributed by atoms with Crippen LogP contribution in [-0.4, -0.2) is 55.9 Å². The number of hydrogen-bond acceptors (Lipinski definition) is 5. The molecular formula is C13H16N4O4S. The number of amidine groups is 1. The van der Waals surface area contributed by atoms with Crippen molar-refractivity contribution in [2.24, 2.45) is 4.40 Å². The summed E-state index contributed by atoms with van der Waals surface area (Å²) < 4.78 is 26.4. The third-order valence-corrected chi connectivity index (χ3v) is 4.60. The first kappa shape index (κ1) is 14.8. The monoisotopic (exact) mass is 324 g/mol. The van der Waals surface area contributed by atoms with E-state index >= 15 is 0 Å². The molecule has 0 aromatic rings. The molecule has 2 aliphatic heterocycles. The molecule has 8 nitrogen and oxygen atoms in total. The molecule has 0 saturated heterocycles. The molecule has 1 fully saturated rings. The van der Waals surface area contributed by atoms with Crippen LogP contribution >= 0.6 is 0 Å². The lowest BCUT2D eigenvalue weighted by Gasteiger charge is -2.26. The molecule has 0 aromatic carbocycles. The molecule has 3 aliphatic rings. The molecule has 0 spiro atoms. The Balaban J connectivity index is 1.59. The fourth-order valence-electron chi connectivity index (χ4n) is 2.10. The molecule has 0 aromatic heterocycles. The molecule has 0 bridgehead atoms. The highest BCUT2D eigenvalue weighted by atomic mass is 32.2. The number of nitrogens with zero attached hydrogens (tertiary/aromatic N) is 2. The molecule has 2 N–H and O–H groups in total. The van der Waals surface area contributed by atoms with Crippen molar-refractivity contribution in [1.29, 1.82) is 0 Å². The van der Waals surface area contributed by atoms with Crippen molar-refractivity contribution in [1.82, 2.24) is 15.5 Å². The maximum Gasteiger partial charge on any atom is 0.256 e. The molecule has 118 valence electrons. The highest BCUT2D eigenvalue weighted by molar-refractivity contribution is 7.90. The molecule has 1 saturated carbocycles. The second-order valence-corrected chi connectivity index (χ2v) is 7.13. The Morgan fingerprint density at radius 3 is 2.82 bits per heavy atom. The van der Waals surface area contributed by atoms with Crippen LogP contribution in [0.25, 0.3) is 0 Å². The van der Waals surface area contributed by atoms with Crippen molar-refractivity contribution >= 4 is 27.7 Å². The summed E-state index contributed by atoms with van der Waals surface area (Å²) in [6, 6.07) is 0.257. The van der Waals surface area contributed by atoms with Crippen LogP contribution in [0.4, 0.5) is 0 Å². The van der Waals surface area contributed by atoms with Crippen LogP contribution in [-0.2, 0) is 19.6 Å². The van der Waals surface area contributed by atoms with Gasteiger partial charge in [-0.1, -0.05) is 0 Å². The maximum atomic E-state index is 12.0. The lowest BCUT2D eigenvalue weighted by atomic mass is 10.2. The number of sulfonamides is 1. The van der Waals surface area contributed by atoms with Crippen molar-refractivity contribution in [3.05, 3.63) is 23.9 Å². The molecule has 0 unspecified atom stereocenters. The molecule has 2 amide bonds. The van der Waals surface area contributed by atoms with E-state index in [4.69, 9.17) is 0 Å². The van der Waals surface area contributed by atoms with Crippen LogP contribution in [0.5, 0.6) is 0 Å². The number of amides is 2. The van der Waals surface area contributed by atoms with Gasteiger partial charge >= 0.3 is 0 Å². The van der Waals surface area contributed by atoms with Gasteiger partial charge in [0.05, 0.1) is 17.9 Å². The first-order chi connectivity index (χ1) is 10.4. The second-order valence-electron chi connectivity index (χ2n) is 5.37. The van der Waals surface area contributed by atoms with Crippen molar-refractivity contribution in [2.45, 2.75) is 18.9 Å². The normalized spacial score (nSPS) is 22.3. The summed E-state index contributed by atoms with van der Waals surface area (Å²) in [5.74, 6) is -0.369. The van der Waals surface area contributed by atoms with Crippen LogP contribution in [0, 0.1) is 0 Å². The van der Waals surface area contributed by atoms with E-state index in [1.807, 2.05) is 0 Å². The molecule has 1 aliphatic carbocycles. The Bertz CT molecular complexity index is 704. The molecule has 2 heterocycles. The largest absolute Gasteiger partial charge is 0.352 e.